The molecule has 0 saturated heterocycles. The predicted octanol–water partition coefficient (Wildman–Crippen LogP) is 13.2. The molecule has 1 aliphatic rings. The molecule has 66 heavy (non-hydrogen) atoms. The maximum Gasteiger partial charge on any atom is 0.407 e. The zero-order chi connectivity index (χ0) is 45.8. The lowest BCUT2D eigenvalue weighted by atomic mass is 9.79. The molecule has 336 valence electrons. The summed E-state index contributed by atoms with van der Waals surface area (Å²) in [5.74, 6) is 2.29. The van der Waals surface area contributed by atoms with Crippen LogP contribution in [-0.4, -0.2) is 33.0 Å². The number of amides is 2. The standard InChI is InChI=1S/C58H58N2O6/c1-39(43-15-7-5-8-16-43)33-47(34-40(2)44-17-9-6-10-18-44)45-27-23-41(24-28-45)36-59-57(61)65-37-42-25-29-46(30-26-42)56(53-32-31-48(63-3)35-55(53)64-4)60-58(62)66-38-54-51-21-13-11-19-49(51)50-20-12-14-22-52(50)54/h5-32,35,39-40,47,54,56H,33-34,36-38H2,1-4H3,(H,59,61)(H,60,62). The fourth-order valence-corrected chi connectivity index (χ4v) is 9.30. The topological polar surface area (TPSA) is 95.1 Å². The molecule has 2 amide bonds. The summed E-state index contributed by atoms with van der Waals surface area (Å²) in [6.45, 7) is 5.23. The summed E-state index contributed by atoms with van der Waals surface area (Å²) in [6, 6.07) is 59.1. The first-order valence-electron chi connectivity index (χ1n) is 22.8. The second-order valence-corrected chi connectivity index (χ2v) is 17.2. The molecule has 0 fully saturated rings. The molecule has 8 rings (SSSR count). The summed E-state index contributed by atoms with van der Waals surface area (Å²) in [7, 11) is 3.18. The second-order valence-electron chi connectivity index (χ2n) is 17.2. The van der Waals surface area contributed by atoms with Gasteiger partial charge in [0, 0.05) is 24.1 Å². The lowest BCUT2D eigenvalue weighted by molar-refractivity contribution is 0.138. The Hall–Kier alpha value is -7.32. The maximum absolute atomic E-state index is 13.7. The van der Waals surface area contributed by atoms with Gasteiger partial charge in [-0.2, -0.15) is 0 Å². The third-order valence-corrected chi connectivity index (χ3v) is 12.9. The lowest BCUT2D eigenvalue weighted by Gasteiger charge is -2.25. The van der Waals surface area contributed by atoms with Gasteiger partial charge in [0.15, 0.2) is 0 Å². The van der Waals surface area contributed by atoms with Crippen LogP contribution in [0.2, 0.25) is 0 Å². The van der Waals surface area contributed by atoms with Gasteiger partial charge in [0.05, 0.1) is 20.3 Å². The van der Waals surface area contributed by atoms with Crippen LogP contribution in [0.4, 0.5) is 9.59 Å². The molecule has 0 aliphatic heterocycles. The lowest BCUT2D eigenvalue weighted by Crippen LogP contribution is -2.31. The fourth-order valence-electron chi connectivity index (χ4n) is 9.30. The van der Waals surface area contributed by atoms with Crippen LogP contribution in [0.25, 0.3) is 11.1 Å². The first kappa shape index (κ1) is 45.3. The highest BCUT2D eigenvalue weighted by atomic mass is 16.6. The number of carbonyl (C=O) groups excluding carboxylic acids is 2. The van der Waals surface area contributed by atoms with E-state index in [-0.39, 0.29) is 19.1 Å². The van der Waals surface area contributed by atoms with Gasteiger partial charge in [-0.05, 0) is 98.4 Å². The van der Waals surface area contributed by atoms with Gasteiger partial charge in [-0.15, -0.1) is 0 Å². The molecular weight excluding hydrogens is 821 g/mol. The Morgan fingerprint density at radius 1 is 0.545 bits per heavy atom. The van der Waals surface area contributed by atoms with E-state index in [0.717, 1.165) is 57.3 Å². The van der Waals surface area contributed by atoms with E-state index in [4.69, 9.17) is 18.9 Å². The molecule has 0 heterocycles. The molecule has 2 N–H and O–H groups in total. The first-order chi connectivity index (χ1) is 32.3. The van der Waals surface area contributed by atoms with Crippen LogP contribution in [-0.2, 0) is 22.6 Å². The highest BCUT2D eigenvalue weighted by Crippen LogP contribution is 2.45. The molecule has 0 radical (unpaired) electrons. The van der Waals surface area contributed by atoms with Gasteiger partial charge in [-0.1, -0.05) is 172 Å². The van der Waals surface area contributed by atoms with Gasteiger partial charge in [0.1, 0.15) is 24.7 Å². The van der Waals surface area contributed by atoms with E-state index in [1.165, 1.54) is 16.7 Å². The molecule has 0 saturated carbocycles. The van der Waals surface area contributed by atoms with Crippen molar-refractivity contribution >= 4 is 12.2 Å². The number of hydrogen-bond donors (Lipinski definition) is 2. The molecule has 8 nitrogen and oxygen atoms in total. The average Bonchev–Trinajstić information content (AvgIpc) is 3.69. The third kappa shape index (κ3) is 10.9. The number of ether oxygens (including phenoxy) is 4. The van der Waals surface area contributed by atoms with E-state index in [0.29, 0.717) is 35.8 Å². The SMILES string of the molecule is COc1ccc(C(NC(=O)OCC2c3ccccc3-c3ccccc32)c2ccc(COC(=O)NCc3ccc(C(CC(C)c4ccccc4)CC(C)c4ccccc4)cc3)cc2)c(OC)c1. The summed E-state index contributed by atoms with van der Waals surface area (Å²) in [5, 5.41) is 6.01. The van der Waals surface area contributed by atoms with Gasteiger partial charge in [0.25, 0.3) is 0 Å². The van der Waals surface area contributed by atoms with Crippen LogP contribution < -0.4 is 20.1 Å². The van der Waals surface area contributed by atoms with Gasteiger partial charge in [-0.25, -0.2) is 9.59 Å². The predicted molar refractivity (Wildman–Crippen MR) is 261 cm³/mol. The smallest absolute Gasteiger partial charge is 0.407 e. The average molecular weight is 879 g/mol. The van der Waals surface area contributed by atoms with E-state index in [2.05, 4.69) is 134 Å². The van der Waals surface area contributed by atoms with Crippen molar-refractivity contribution < 1.29 is 28.5 Å². The zero-order valence-electron chi connectivity index (χ0n) is 38.1. The van der Waals surface area contributed by atoms with Crippen molar-refractivity contribution in [2.24, 2.45) is 0 Å². The summed E-state index contributed by atoms with van der Waals surface area (Å²) in [4.78, 5) is 26.6. The highest BCUT2D eigenvalue weighted by Gasteiger charge is 2.30. The fraction of sp³-hybridized carbons (Fsp3) is 0.241. The Morgan fingerprint density at radius 3 is 1.67 bits per heavy atom. The number of rotatable bonds is 18. The Balaban J connectivity index is 0.886. The van der Waals surface area contributed by atoms with Crippen LogP contribution in [0.15, 0.2) is 176 Å². The van der Waals surface area contributed by atoms with E-state index in [1.54, 1.807) is 20.3 Å². The molecule has 3 atom stereocenters. The molecule has 0 spiro atoms. The van der Waals surface area contributed by atoms with Crippen LogP contribution in [0.1, 0.15) is 106 Å². The van der Waals surface area contributed by atoms with Crippen molar-refractivity contribution in [2.75, 3.05) is 20.8 Å². The Kier molecular flexibility index (Phi) is 14.8. The number of benzene rings is 7. The van der Waals surface area contributed by atoms with Gasteiger partial charge >= 0.3 is 12.2 Å². The summed E-state index contributed by atoms with van der Waals surface area (Å²) < 4.78 is 22.9. The minimum Gasteiger partial charge on any atom is -0.497 e. The third-order valence-electron chi connectivity index (χ3n) is 12.9. The Labute approximate surface area is 388 Å². The number of carbonyl (C=O) groups is 2. The minimum absolute atomic E-state index is 0.0717. The van der Waals surface area contributed by atoms with Gasteiger partial charge < -0.3 is 29.6 Å². The maximum atomic E-state index is 13.7. The molecule has 0 aromatic heterocycles. The molecule has 8 heteroatoms. The molecule has 7 aromatic rings. The molecular formula is C58H58N2O6. The summed E-state index contributed by atoms with van der Waals surface area (Å²) in [6.07, 6.45) is 1.01. The largest absolute Gasteiger partial charge is 0.497 e. The van der Waals surface area contributed by atoms with E-state index in [9.17, 15) is 9.59 Å². The minimum atomic E-state index is -0.624. The summed E-state index contributed by atoms with van der Waals surface area (Å²) in [5.41, 5.74) is 11.9. The van der Waals surface area contributed by atoms with Crippen molar-refractivity contribution in [3.63, 3.8) is 0 Å². The Bertz CT molecular complexity index is 2590. The van der Waals surface area contributed by atoms with Crippen molar-refractivity contribution in [2.45, 2.75) is 69.6 Å². The quantitative estimate of drug-likeness (QED) is 0.0891. The number of methoxy groups -OCH3 is 2. The van der Waals surface area contributed by atoms with Crippen molar-refractivity contribution in [3.05, 3.63) is 226 Å². The van der Waals surface area contributed by atoms with Crippen LogP contribution >= 0.6 is 0 Å². The van der Waals surface area contributed by atoms with Gasteiger partial charge in [-0.3, -0.25) is 0 Å². The zero-order valence-corrected chi connectivity index (χ0v) is 38.1. The number of fused-ring (bicyclic) bond motifs is 3. The molecule has 0 bridgehead atoms. The first-order valence-corrected chi connectivity index (χ1v) is 22.8. The van der Waals surface area contributed by atoms with Crippen LogP contribution in [0.3, 0.4) is 0 Å². The second kappa shape index (κ2) is 21.6. The number of nitrogens with one attached hydrogen (secondary N) is 2. The van der Waals surface area contributed by atoms with Crippen molar-refractivity contribution in [1.82, 2.24) is 10.6 Å². The van der Waals surface area contributed by atoms with Crippen molar-refractivity contribution in [3.8, 4) is 22.6 Å². The molecule has 3 unspecified atom stereocenters. The van der Waals surface area contributed by atoms with E-state index in [1.807, 2.05) is 60.7 Å². The molecule has 7 aromatic carbocycles. The monoisotopic (exact) mass is 878 g/mol. The van der Waals surface area contributed by atoms with Crippen LogP contribution in [0, 0.1) is 0 Å². The highest BCUT2D eigenvalue weighted by molar-refractivity contribution is 5.79. The Morgan fingerprint density at radius 2 is 1.09 bits per heavy atom. The normalized spacial score (nSPS) is 13.6. The van der Waals surface area contributed by atoms with E-state index < -0.39 is 18.2 Å². The summed E-state index contributed by atoms with van der Waals surface area (Å²) >= 11 is 0. The van der Waals surface area contributed by atoms with Crippen molar-refractivity contribution in [1.29, 1.82) is 0 Å². The number of alkyl carbamates (subject to hydrolysis) is 2. The van der Waals surface area contributed by atoms with E-state index >= 15 is 0 Å². The van der Waals surface area contributed by atoms with Crippen LogP contribution in [0.5, 0.6) is 11.5 Å². The number of hydrogen-bond acceptors (Lipinski definition) is 6. The van der Waals surface area contributed by atoms with Gasteiger partial charge in [0.2, 0.25) is 0 Å². The molecule has 1 aliphatic carbocycles.